The highest BCUT2D eigenvalue weighted by atomic mass is 35.5. The molecule has 1 rings (SSSR count). The van der Waals surface area contributed by atoms with Gasteiger partial charge in [0.05, 0.1) is 24.1 Å². The zero-order valence-electron chi connectivity index (χ0n) is 8.64. The van der Waals surface area contributed by atoms with Crippen LogP contribution in [0.25, 0.3) is 0 Å². The molecule has 3 nitrogen and oxygen atoms in total. The SMILES string of the molecule is COc1cc(C(F)(F)F)c(CC(=O)O)cc1Cl. The summed E-state index contributed by atoms with van der Waals surface area (Å²) in [6, 6.07) is 1.65. The maximum Gasteiger partial charge on any atom is 0.416 e. The Morgan fingerprint density at radius 1 is 1.47 bits per heavy atom. The summed E-state index contributed by atoms with van der Waals surface area (Å²) in [5.41, 5.74) is -1.45. The van der Waals surface area contributed by atoms with Gasteiger partial charge >= 0.3 is 12.1 Å². The van der Waals surface area contributed by atoms with Crippen molar-refractivity contribution in [1.82, 2.24) is 0 Å². The minimum atomic E-state index is -4.65. The van der Waals surface area contributed by atoms with Gasteiger partial charge in [0, 0.05) is 0 Å². The third-order valence-electron chi connectivity index (χ3n) is 2.02. The van der Waals surface area contributed by atoms with Crippen LogP contribution < -0.4 is 4.74 Å². The first-order valence-corrected chi connectivity index (χ1v) is 4.79. The third-order valence-corrected chi connectivity index (χ3v) is 2.32. The number of aliphatic carboxylic acids is 1. The van der Waals surface area contributed by atoms with Crippen molar-refractivity contribution >= 4 is 17.6 Å². The lowest BCUT2D eigenvalue weighted by Gasteiger charge is -2.14. The van der Waals surface area contributed by atoms with Crippen molar-refractivity contribution in [3.63, 3.8) is 0 Å². The smallest absolute Gasteiger partial charge is 0.416 e. The molecule has 0 aliphatic carbocycles. The van der Waals surface area contributed by atoms with E-state index in [-0.39, 0.29) is 10.8 Å². The Balaban J connectivity index is 3.36. The topological polar surface area (TPSA) is 46.5 Å². The molecule has 94 valence electrons. The van der Waals surface area contributed by atoms with Gasteiger partial charge in [0.1, 0.15) is 5.75 Å². The van der Waals surface area contributed by atoms with Crippen LogP contribution in [0.1, 0.15) is 11.1 Å². The highest BCUT2D eigenvalue weighted by Crippen LogP contribution is 2.38. The van der Waals surface area contributed by atoms with E-state index in [1.807, 2.05) is 0 Å². The van der Waals surface area contributed by atoms with Gasteiger partial charge in [-0.1, -0.05) is 11.6 Å². The molecule has 1 N–H and O–H groups in total. The largest absolute Gasteiger partial charge is 0.495 e. The number of halogens is 4. The number of hydrogen-bond donors (Lipinski definition) is 1. The number of ether oxygens (including phenoxy) is 1. The zero-order valence-corrected chi connectivity index (χ0v) is 9.39. The lowest BCUT2D eigenvalue weighted by molar-refractivity contribution is -0.139. The van der Waals surface area contributed by atoms with E-state index in [0.29, 0.717) is 6.07 Å². The molecule has 1 aromatic carbocycles. The molecule has 0 spiro atoms. The Morgan fingerprint density at radius 2 is 2.06 bits per heavy atom. The molecule has 0 fully saturated rings. The van der Waals surface area contributed by atoms with Crippen LogP contribution in [0.5, 0.6) is 5.75 Å². The van der Waals surface area contributed by atoms with Gasteiger partial charge in [-0.05, 0) is 17.7 Å². The van der Waals surface area contributed by atoms with Crippen LogP contribution in [0.15, 0.2) is 12.1 Å². The predicted octanol–water partition coefficient (Wildman–Crippen LogP) is 2.99. The highest BCUT2D eigenvalue weighted by molar-refractivity contribution is 6.32. The van der Waals surface area contributed by atoms with Crippen molar-refractivity contribution in [3.8, 4) is 5.75 Å². The lowest BCUT2D eigenvalue weighted by Crippen LogP contribution is -2.12. The first-order valence-electron chi connectivity index (χ1n) is 4.41. The van der Waals surface area contributed by atoms with Crippen molar-refractivity contribution in [2.24, 2.45) is 0 Å². The van der Waals surface area contributed by atoms with Crippen molar-refractivity contribution in [2.75, 3.05) is 7.11 Å². The Bertz CT molecular complexity index is 443. The number of hydrogen-bond acceptors (Lipinski definition) is 2. The van der Waals surface area contributed by atoms with Gasteiger partial charge in [-0.25, -0.2) is 0 Å². The number of carboxylic acids is 1. The Hall–Kier alpha value is -1.43. The molecular weight excluding hydrogens is 261 g/mol. The van der Waals surface area contributed by atoms with E-state index < -0.39 is 29.7 Å². The number of rotatable bonds is 3. The Morgan fingerprint density at radius 3 is 2.47 bits per heavy atom. The van der Waals surface area contributed by atoms with Gasteiger partial charge in [-0.2, -0.15) is 13.2 Å². The molecule has 0 saturated heterocycles. The van der Waals surface area contributed by atoms with E-state index in [1.165, 1.54) is 7.11 Å². The summed E-state index contributed by atoms with van der Waals surface area (Å²) in [6.45, 7) is 0. The summed E-state index contributed by atoms with van der Waals surface area (Å²) >= 11 is 5.65. The normalized spacial score (nSPS) is 11.4. The fraction of sp³-hybridized carbons (Fsp3) is 0.300. The van der Waals surface area contributed by atoms with Gasteiger partial charge in [0.25, 0.3) is 0 Å². The molecule has 0 bridgehead atoms. The molecule has 0 radical (unpaired) electrons. The summed E-state index contributed by atoms with van der Waals surface area (Å²) in [5, 5.41) is 8.47. The molecule has 0 saturated carbocycles. The molecule has 0 atom stereocenters. The number of methoxy groups -OCH3 is 1. The summed E-state index contributed by atoms with van der Waals surface area (Å²) < 4.78 is 42.6. The van der Waals surface area contributed by atoms with E-state index in [1.54, 1.807) is 0 Å². The summed E-state index contributed by atoms with van der Waals surface area (Å²) in [5.74, 6) is -1.51. The van der Waals surface area contributed by atoms with Gasteiger partial charge in [0.2, 0.25) is 0 Å². The van der Waals surface area contributed by atoms with Crippen molar-refractivity contribution in [3.05, 3.63) is 28.3 Å². The Kier molecular flexibility index (Phi) is 3.87. The molecule has 0 unspecified atom stereocenters. The molecule has 0 aromatic heterocycles. The molecule has 0 heterocycles. The van der Waals surface area contributed by atoms with Crippen molar-refractivity contribution < 1.29 is 27.8 Å². The summed E-state index contributed by atoms with van der Waals surface area (Å²) in [4.78, 5) is 10.5. The maximum absolute atomic E-state index is 12.7. The van der Waals surface area contributed by atoms with E-state index in [2.05, 4.69) is 4.74 Å². The van der Waals surface area contributed by atoms with Crippen LogP contribution in [0.4, 0.5) is 13.2 Å². The van der Waals surface area contributed by atoms with E-state index >= 15 is 0 Å². The van der Waals surface area contributed by atoms with E-state index in [9.17, 15) is 18.0 Å². The average Bonchev–Trinajstić information content (AvgIpc) is 2.14. The van der Waals surface area contributed by atoms with Crippen LogP contribution in [-0.4, -0.2) is 18.2 Å². The van der Waals surface area contributed by atoms with Gasteiger partial charge in [-0.3, -0.25) is 4.79 Å². The number of carboxylic acid groups (broad SMARTS) is 1. The van der Waals surface area contributed by atoms with Crippen molar-refractivity contribution in [2.45, 2.75) is 12.6 Å². The van der Waals surface area contributed by atoms with Crippen molar-refractivity contribution in [1.29, 1.82) is 0 Å². The molecule has 17 heavy (non-hydrogen) atoms. The third kappa shape index (κ3) is 3.26. The standard InChI is InChI=1S/C10H8ClF3O3/c1-17-8-4-6(10(12,13)14)5(2-7(8)11)3-9(15)16/h2,4H,3H2,1H3,(H,15,16). The minimum Gasteiger partial charge on any atom is -0.495 e. The number of benzene rings is 1. The average molecular weight is 269 g/mol. The van der Waals surface area contributed by atoms with Crippen LogP contribution in [0.3, 0.4) is 0 Å². The van der Waals surface area contributed by atoms with Crippen LogP contribution in [0.2, 0.25) is 5.02 Å². The lowest BCUT2D eigenvalue weighted by atomic mass is 10.0. The molecular formula is C10H8ClF3O3. The van der Waals surface area contributed by atoms with E-state index in [4.69, 9.17) is 16.7 Å². The predicted molar refractivity (Wildman–Crippen MR) is 54.3 cm³/mol. The molecule has 7 heteroatoms. The molecule has 1 aromatic rings. The quantitative estimate of drug-likeness (QED) is 0.917. The monoisotopic (exact) mass is 268 g/mol. The van der Waals surface area contributed by atoms with Gasteiger partial charge < -0.3 is 9.84 Å². The molecule has 0 aliphatic heterocycles. The Labute approximate surface area is 99.8 Å². The second-order valence-electron chi connectivity index (χ2n) is 3.21. The number of alkyl halides is 3. The van der Waals surface area contributed by atoms with Gasteiger partial charge in [0.15, 0.2) is 0 Å². The first kappa shape index (κ1) is 13.6. The van der Waals surface area contributed by atoms with E-state index in [0.717, 1.165) is 6.07 Å². The second kappa shape index (κ2) is 4.83. The summed E-state index contributed by atoms with van der Waals surface area (Å²) in [7, 11) is 1.18. The first-order chi connectivity index (χ1) is 7.75. The second-order valence-corrected chi connectivity index (χ2v) is 3.62. The van der Waals surface area contributed by atoms with Crippen LogP contribution in [-0.2, 0) is 17.4 Å². The van der Waals surface area contributed by atoms with Crippen LogP contribution >= 0.6 is 11.6 Å². The zero-order chi connectivity index (χ0) is 13.2. The fourth-order valence-electron chi connectivity index (χ4n) is 1.32. The highest BCUT2D eigenvalue weighted by Gasteiger charge is 2.34. The molecule has 0 aliphatic rings. The van der Waals surface area contributed by atoms with Crippen LogP contribution in [0, 0.1) is 0 Å². The van der Waals surface area contributed by atoms with Gasteiger partial charge in [-0.15, -0.1) is 0 Å². The number of carbonyl (C=O) groups is 1. The minimum absolute atomic E-state index is 0.0586. The maximum atomic E-state index is 12.7. The fourth-order valence-corrected chi connectivity index (χ4v) is 1.59. The molecule has 0 amide bonds. The summed E-state index contributed by atoms with van der Waals surface area (Å²) in [6.07, 6.45) is -5.40.